The average molecular weight is 305 g/mol. The van der Waals surface area contributed by atoms with E-state index in [2.05, 4.69) is 0 Å². The van der Waals surface area contributed by atoms with Crippen molar-refractivity contribution in [3.05, 3.63) is 52.5 Å². The van der Waals surface area contributed by atoms with E-state index in [1.165, 1.54) is 7.11 Å². The van der Waals surface area contributed by atoms with Crippen LogP contribution in [0, 0.1) is 0 Å². The van der Waals surface area contributed by atoms with Crippen molar-refractivity contribution in [1.29, 1.82) is 0 Å². The number of ether oxygens (including phenoxy) is 3. The molecule has 0 N–H and O–H groups in total. The highest BCUT2D eigenvalue weighted by Crippen LogP contribution is 2.33. The lowest BCUT2D eigenvalue weighted by atomic mass is 10.0. The molecule has 2 aromatic rings. The molecular weight excluding hydrogens is 292 g/mol. The topological polar surface area (TPSA) is 44.8 Å². The molecule has 0 saturated heterocycles. The molecule has 0 spiro atoms. The second kappa shape index (κ2) is 5.66. The highest BCUT2D eigenvalue weighted by molar-refractivity contribution is 6.31. The van der Waals surface area contributed by atoms with Crippen LogP contribution in [0.4, 0.5) is 0 Å². The van der Waals surface area contributed by atoms with Crippen LogP contribution in [-0.2, 0) is 0 Å². The Bertz CT molecular complexity index is 697. The summed E-state index contributed by atoms with van der Waals surface area (Å²) in [5.41, 5.74) is 0.918. The number of benzene rings is 2. The highest BCUT2D eigenvalue weighted by atomic mass is 35.5. The minimum Gasteiger partial charge on any atom is -0.496 e. The second-order valence-electron chi connectivity index (χ2n) is 4.53. The van der Waals surface area contributed by atoms with Gasteiger partial charge < -0.3 is 14.2 Å². The Balaban J connectivity index is 2.00. The fraction of sp³-hybridized carbons (Fsp3) is 0.188. The Kier molecular flexibility index (Phi) is 3.71. The number of rotatable bonds is 3. The number of fused-ring (bicyclic) bond motifs is 1. The molecule has 0 radical (unpaired) electrons. The monoisotopic (exact) mass is 304 g/mol. The number of hydrogen-bond donors (Lipinski definition) is 0. The van der Waals surface area contributed by atoms with Crippen LogP contribution in [0.2, 0.25) is 5.02 Å². The predicted octanol–water partition coefficient (Wildman–Crippen LogP) is 3.35. The standard InChI is InChI=1S/C16H13ClO4/c1-19-13-5-3-11(17)9-12(13)16(18)10-2-4-14-15(8-10)21-7-6-20-14/h2-5,8-9H,6-7H2,1H3. The maximum atomic E-state index is 12.6. The van der Waals surface area contributed by atoms with Crippen LogP contribution in [-0.4, -0.2) is 26.1 Å². The van der Waals surface area contributed by atoms with Gasteiger partial charge in [-0.3, -0.25) is 4.79 Å². The van der Waals surface area contributed by atoms with E-state index in [9.17, 15) is 4.79 Å². The molecule has 21 heavy (non-hydrogen) atoms. The summed E-state index contributed by atoms with van der Waals surface area (Å²) in [4.78, 5) is 12.6. The van der Waals surface area contributed by atoms with Gasteiger partial charge in [-0.2, -0.15) is 0 Å². The number of halogens is 1. The van der Waals surface area contributed by atoms with Crippen molar-refractivity contribution in [2.75, 3.05) is 20.3 Å². The van der Waals surface area contributed by atoms with Gasteiger partial charge in [0.25, 0.3) is 0 Å². The van der Waals surface area contributed by atoms with Gasteiger partial charge in [0.15, 0.2) is 17.3 Å². The maximum Gasteiger partial charge on any atom is 0.196 e. The first-order chi connectivity index (χ1) is 10.2. The molecule has 4 nitrogen and oxygen atoms in total. The summed E-state index contributed by atoms with van der Waals surface area (Å²) in [5.74, 6) is 1.54. The van der Waals surface area contributed by atoms with E-state index < -0.39 is 0 Å². The molecule has 0 amide bonds. The van der Waals surface area contributed by atoms with Crippen molar-refractivity contribution in [3.8, 4) is 17.2 Å². The third-order valence-electron chi connectivity index (χ3n) is 3.21. The van der Waals surface area contributed by atoms with Crippen LogP contribution in [0.1, 0.15) is 15.9 Å². The smallest absolute Gasteiger partial charge is 0.196 e. The Morgan fingerprint density at radius 2 is 1.86 bits per heavy atom. The average Bonchev–Trinajstić information content (AvgIpc) is 2.53. The quantitative estimate of drug-likeness (QED) is 0.816. The molecule has 3 rings (SSSR count). The molecule has 0 aliphatic carbocycles. The summed E-state index contributed by atoms with van der Waals surface area (Å²) < 4.78 is 16.2. The molecule has 2 aromatic carbocycles. The molecule has 0 atom stereocenters. The van der Waals surface area contributed by atoms with Crippen LogP contribution in [0.15, 0.2) is 36.4 Å². The SMILES string of the molecule is COc1ccc(Cl)cc1C(=O)c1ccc2c(c1)OCCO2. The van der Waals surface area contributed by atoms with Crippen molar-refractivity contribution in [1.82, 2.24) is 0 Å². The van der Waals surface area contributed by atoms with Gasteiger partial charge in [-0.15, -0.1) is 0 Å². The second-order valence-corrected chi connectivity index (χ2v) is 4.97. The molecule has 0 aromatic heterocycles. The number of methoxy groups -OCH3 is 1. The zero-order valence-corrected chi connectivity index (χ0v) is 12.1. The molecular formula is C16H13ClO4. The van der Waals surface area contributed by atoms with Crippen LogP contribution < -0.4 is 14.2 Å². The Hall–Kier alpha value is -2.20. The Morgan fingerprint density at radius 3 is 2.62 bits per heavy atom. The van der Waals surface area contributed by atoms with E-state index in [1.54, 1.807) is 36.4 Å². The third kappa shape index (κ3) is 2.67. The van der Waals surface area contributed by atoms with E-state index in [4.69, 9.17) is 25.8 Å². The predicted molar refractivity (Wildman–Crippen MR) is 78.9 cm³/mol. The molecule has 108 valence electrons. The van der Waals surface area contributed by atoms with Crippen molar-refractivity contribution in [2.24, 2.45) is 0 Å². The number of hydrogen-bond acceptors (Lipinski definition) is 4. The third-order valence-corrected chi connectivity index (χ3v) is 3.45. The van der Waals surface area contributed by atoms with Gasteiger partial charge in [0.1, 0.15) is 19.0 Å². The lowest BCUT2D eigenvalue weighted by Gasteiger charge is -2.18. The van der Waals surface area contributed by atoms with Gasteiger partial charge in [-0.1, -0.05) is 11.6 Å². The largest absolute Gasteiger partial charge is 0.496 e. The Morgan fingerprint density at radius 1 is 1.10 bits per heavy atom. The van der Waals surface area contributed by atoms with Gasteiger partial charge in [0, 0.05) is 10.6 Å². The summed E-state index contributed by atoms with van der Waals surface area (Å²) in [6, 6.07) is 10.1. The van der Waals surface area contributed by atoms with Crippen LogP contribution >= 0.6 is 11.6 Å². The minimum atomic E-state index is -0.175. The number of carbonyl (C=O) groups is 1. The van der Waals surface area contributed by atoms with E-state index in [-0.39, 0.29) is 5.78 Å². The van der Waals surface area contributed by atoms with Crippen LogP contribution in [0.3, 0.4) is 0 Å². The molecule has 0 saturated carbocycles. The highest BCUT2D eigenvalue weighted by Gasteiger charge is 2.19. The summed E-state index contributed by atoms with van der Waals surface area (Å²) in [6.45, 7) is 0.994. The Labute approximate surface area is 127 Å². The van der Waals surface area contributed by atoms with Crippen molar-refractivity contribution >= 4 is 17.4 Å². The van der Waals surface area contributed by atoms with Gasteiger partial charge in [0.2, 0.25) is 0 Å². The van der Waals surface area contributed by atoms with Gasteiger partial charge in [-0.25, -0.2) is 0 Å². The summed E-state index contributed by atoms with van der Waals surface area (Å²) in [5, 5.41) is 0.483. The molecule has 1 heterocycles. The van der Waals surface area contributed by atoms with Gasteiger partial charge in [0.05, 0.1) is 12.7 Å². The molecule has 0 unspecified atom stereocenters. The van der Waals surface area contributed by atoms with Crippen LogP contribution in [0.25, 0.3) is 0 Å². The molecule has 1 aliphatic rings. The summed E-state index contributed by atoms with van der Waals surface area (Å²) in [6.07, 6.45) is 0. The van der Waals surface area contributed by atoms with Gasteiger partial charge >= 0.3 is 0 Å². The zero-order valence-electron chi connectivity index (χ0n) is 11.4. The fourth-order valence-corrected chi connectivity index (χ4v) is 2.37. The van der Waals surface area contributed by atoms with Crippen molar-refractivity contribution in [3.63, 3.8) is 0 Å². The molecule has 5 heteroatoms. The van der Waals surface area contributed by atoms with E-state index in [0.29, 0.717) is 46.6 Å². The first-order valence-electron chi connectivity index (χ1n) is 6.47. The summed E-state index contributed by atoms with van der Waals surface area (Å²) >= 11 is 5.97. The first kappa shape index (κ1) is 13.8. The normalized spacial score (nSPS) is 12.9. The summed E-state index contributed by atoms with van der Waals surface area (Å²) in [7, 11) is 1.52. The molecule has 0 fully saturated rings. The lowest BCUT2D eigenvalue weighted by Crippen LogP contribution is -2.16. The van der Waals surface area contributed by atoms with Gasteiger partial charge in [-0.05, 0) is 36.4 Å². The van der Waals surface area contributed by atoms with E-state index in [1.807, 2.05) is 0 Å². The fourth-order valence-electron chi connectivity index (χ4n) is 2.20. The van der Waals surface area contributed by atoms with E-state index in [0.717, 1.165) is 0 Å². The van der Waals surface area contributed by atoms with Crippen molar-refractivity contribution in [2.45, 2.75) is 0 Å². The maximum absolute atomic E-state index is 12.6. The van der Waals surface area contributed by atoms with Crippen molar-refractivity contribution < 1.29 is 19.0 Å². The van der Waals surface area contributed by atoms with Crippen LogP contribution in [0.5, 0.6) is 17.2 Å². The number of ketones is 1. The minimum absolute atomic E-state index is 0.175. The molecule has 0 bridgehead atoms. The zero-order chi connectivity index (χ0) is 14.8. The lowest BCUT2D eigenvalue weighted by molar-refractivity contribution is 0.103. The number of carbonyl (C=O) groups excluding carboxylic acids is 1. The first-order valence-corrected chi connectivity index (χ1v) is 6.85. The molecule has 1 aliphatic heterocycles. The van der Waals surface area contributed by atoms with E-state index >= 15 is 0 Å².